The van der Waals surface area contributed by atoms with Gasteiger partial charge < -0.3 is 9.67 Å². The molecule has 66 valence electrons. The zero-order valence-electron chi connectivity index (χ0n) is 7.68. The molecule has 0 aliphatic rings. The van der Waals surface area contributed by atoms with Gasteiger partial charge in [0.2, 0.25) is 0 Å². The molecule has 1 heterocycles. The number of rotatable bonds is 2. The van der Waals surface area contributed by atoms with Gasteiger partial charge in [0, 0.05) is 25.9 Å². The molecule has 13 heavy (non-hydrogen) atoms. The third-order valence-corrected chi connectivity index (χ3v) is 0.899. The predicted molar refractivity (Wildman–Crippen MR) is 45.7 cm³/mol. The summed E-state index contributed by atoms with van der Waals surface area (Å²) < 4.78 is 1.95. The van der Waals surface area contributed by atoms with E-state index in [1.807, 2.05) is 16.8 Å². The van der Waals surface area contributed by atoms with Crippen molar-refractivity contribution in [2.24, 2.45) is 0 Å². The van der Waals surface area contributed by atoms with E-state index in [1.54, 1.807) is 12.5 Å². The minimum atomic E-state index is -0.833. The second-order valence-electron chi connectivity index (χ2n) is 2.07. The molecule has 0 radical (unpaired) electrons. The van der Waals surface area contributed by atoms with Crippen molar-refractivity contribution in [3.63, 3.8) is 0 Å². The number of carbonyl (C=O) groups is 1. The Bertz CT molecular complexity index is 230. The van der Waals surface area contributed by atoms with Crippen LogP contribution in [0, 0.1) is 0 Å². The minimum absolute atomic E-state index is 0. The summed E-state index contributed by atoms with van der Waals surface area (Å²) in [7, 11) is 0. The van der Waals surface area contributed by atoms with Gasteiger partial charge in [-0.05, 0) is 0 Å². The van der Waals surface area contributed by atoms with E-state index >= 15 is 0 Å². The van der Waals surface area contributed by atoms with E-state index in [4.69, 9.17) is 9.90 Å². The average Bonchev–Trinajstić information content (AvgIpc) is 2.39. The number of hydrogen-bond acceptors (Lipinski definition) is 2. The van der Waals surface area contributed by atoms with Crippen molar-refractivity contribution < 1.29 is 29.4 Å². The van der Waals surface area contributed by atoms with Gasteiger partial charge in [0.25, 0.3) is 5.97 Å². The molecule has 1 aromatic rings. The van der Waals surface area contributed by atoms with Gasteiger partial charge in [0.15, 0.2) is 0 Å². The Morgan fingerprint density at radius 2 is 2.31 bits per heavy atom. The fourth-order valence-electron chi connectivity index (χ4n) is 0.544. The zero-order valence-corrected chi connectivity index (χ0v) is 10.6. The Labute approximate surface area is 90.1 Å². The quantitative estimate of drug-likeness (QED) is 0.616. The van der Waals surface area contributed by atoms with Crippen LogP contribution in [-0.4, -0.2) is 20.6 Å². The maximum Gasteiger partial charge on any atom is 2.00 e. The second kappa shape index (κ2) is 9.13. The minimum Gasteiger partial charge on any atom is -0.481 e. The van der Waals surface area contributed by atoms with Gasteiger partial charge in [0.05, 0.1) is 6.33 Å². The van der Waals surface area contributed by atoms with Gasteiger partial charge in [-0.1, -0.05) is 6.08 Å². The van der Waals surface area contributed by atoms with Crippen LogP contribution >= 0.6 is 0 Å². The summed E-state index contributed by atoms with van der Waals surface area (Å²) >= 11 is 0. The molecule has 0 atom stereocenters. The fraction of sp³-hybridized carbons (Fsp3) is 0.250. The zero-order chi connectivity index (χ0) is 9.40. The van der Waals surface area contributed by atoms with Gasteiger partial charge in [-0.3, -0.25) is 4.79 Å². The molecular weight excluding hydrogens is 221 g/mol. The van der Waals surface area contributed by atoms with E-state index in [1.165, 1.54) is 0 Å². The number of nitrogens with zero attached hydrogens (tertiary/aromatic N) is 2. The molecular formula is C8H12N2O2Zn+2. The number of imidazole rings is 1. The Kier molecular flexibility index (Phi) is 10.2. The summed E-state index contributed by atoms with van der Waals surface area (Å²) in [5.74, 6) is -0.833. The molecule has 0 aromatic carbocycles. The molecule has 0 bridgehead atoms. The summed E-state index contributed by atoms with van der Waals surface area (Å²) in [6.45, 7) is 5.52. The van der Waals surface area contributed by atoms with Crippen molar-refractivity contribution in [1.82, 2.24) is 9.55 Å². The van der Waals surface area contributed by atoms with Crippen molar-refractivity contribution in [2.45, 2.75) is 13.5 Å². The normalized spacial score (nSPS) is 7.46. The van der Waals surface area contributed by atoms with Gasteiger partial charge in [-0.25, -0.2) is 4.98 Å². The molecule has 5 heteroatoms. The molecule has 0 unspecified atom stereocenters. The smallest absolute Gasteiger partial charge is 0.481 e. The van der Waals surface area contributed by atoms with Gasteiger partial charge in [-0.15, -0.1) is 6.58 Å². The molecule has 0 fully saturated rings. The van der Waals surface area contributed by atoms with Crippen molar-refractivity contribution in [1.29, 1.82) is 0 Å². The molecule has 4 nitrogen and oxygen atoms in total. The molecule has 0 aliphatic carbocycles. The Morgan fingerprint density at radius 3 is 2.62 bits per heavy atom. The maximum absolute atomic E-state index is 9.00. The molecule has 0 saturated carbocycles. The van der Waals surface area contributed by atoms with Crippen LogP contribution in [0.5, 0.6) is 0 Å². The number of hydrogen-bond donors (Lipinski definition) is 1. The molecule has 0 spiro atoms. The molecule has 0 saturated heterocycles. The summed E-state index contributed by atoms with van der Waals surface area (Å²) in [4.78, 5) is 12.9. The van der Waals surface area contributed by atoms with Crippen molar-refractivity contribution in [3.05, 3.63) is 31.4 Å². The van der Waals surface area contributed by atoms with Crippen LogP contribution in [0.15, 0.2) is 31.4 Å². The Hall–Kier alpha value is -0.957. The van der Waals surface area contributed by atoms with E-state index in [-0.39, 0.29) is 19.5 Å². The summed E-state index contributed by atoms with van der Waals surface area (Å²) in [5, 5.41) is 7.42. The SMILES string of the molecule is C=CCn1ccnc1.CC(=O)O.[Zn+2]. The Balaban J connectivity index is 0. The van der Waals surface area contributed by atoms with Crippen LogP contribution in [0.4, 0.5) is 0 Å². The van der Waals surface area contributed by atoms with Crippen molar-refractivity contribution in [3.8, 4) is 0 Å². The van der Waals surface area contributed by atoms with Crippen LogP contribution in [0.3, 0.4) is 0 Å². The summed E-state index contributed by atoms with van der Waals surface area (Å²) in [6, 6.07) is 0. The number of carboxylic acids is 1. The second-order valence-corrected chi connectivity index (χ2v) is 2.07. The number of carboxylic acid groups (broad SMARTS) is 1. The average molecular weight is 234 g/mol. The molecule has 1 rings (SSSR count). The first-order valence-electron chi connectivity index (χ1n) is 3.43. The summed E-state index contributed by atoms with van der Waals surface area (Å²) in [5.41, 5.74) is 0. The number of aromatic nitrogens is 2. The molecule has 1 N–H and O–H groups in total. The van der Waals surface area contributed by atoms with Crippen LogP contribution < -0.4 is 0 Å². The van der Waals surface area contributed by atoms with Crippen LogP contribution in [0.25, 0.3) is 0 Å². The van der Waals surface area contributed by atoms with Crippen LogP contribution in [0.2, 0.25) is 0 Å². The van der Waals surface area contributed by atoms with Gasteiger partial charge in [-0.2, -0.15) is 0 Å². The third kappa shape index (κ3) is 11.0. The van der Waals surface area contributed by atoms with Crippen LogP contribution in [-0.2, 0) is 30.8 Å². The summed E-state index contributed by atoms with van der Waals surface area (Å²) in [6.07, 6.45) is 7.26. The maximum atomic E-state index is 9.00. The number of allylic oxidation sites excluding steroid dienone is 1. The largest absolute Gasteiger partial charge is 2.00 e. The van der Waals surface area contributed by atoms with Crippen LogP contribution in [0.1, 0.15) is 6.92 Å². The monoisotopic (exact) mass is 232 g/mol. The van der Waals surface area contributed by atoms with Gasteiger partial charge >= 0.3 is 19.5 Å². The van der Waals surface area contributed by atoms with E-state index in [0.717, 1.165) is 13.5 Å². The standard InChI is InChI=1S/C6H8N2.C2H4O2.Zn/c1-2-4-8-5-3-7-6-8;1-2(3)4;/h2-3,5-6H,1,4H2;1H3,(H,3,4);/q;;+2. The molecule has 0 amide bonds. The predicted octanol–water partition coefficient (Wildman–Crippen LogP) is 1.16. The third-order valence-electron chi connectivity index (χ3n) is 0.899. The van der Waals surface area contributed by atoms with Crippen molar-refractivity contribution in [2.75, 3.05) is 0 Å². The van der Waals surface area contributed by atoms with E-state index in [0.29, 0.717) is 0 Å². The molecule has 0 aliphatic heterocycles. The first-order valence-corrected chi connectivity index (χ1v) is 3.43. The first kappa shape index (κ1) is 14.6. The van der Waals surface area contributed by atoms with Gasteiger partial charge in [0.1, 0.15) is 0 Å². The first-order chi connectivity index (χ1) is 5.66. The van der Waals surface area contributed by atoms with E-state index in [2.05, 4.69) is 11.6 Å². The van der Waals surface area contributed by atoms with Crippen molar-refractivity contribution >= 4 is 5.97 Å². The topological polar surface area (TPSA) is 55.1 Å². The van der Waals surface area contributed by atoms with E-state index < -0.39 is 5.97 Å². The number of aliphatic carboxylic acids is 1. The molecule has 1 aromatic heterocycles. The Morgan fingerprint density at radius 1 is 1.77 bits per heavy atom. The van der Waals surface area contributed by atoms with E-state index in [9.17, 15) is 0 Å². The fourth-order valence-corrected chi connectivity index (χ4v) is 0.544.